The number of amides is 1. The van der Waals surface area contributed by atoms with Gasteiger partial charge in [-0.1, -0.05) is 77.6 Å². The molecule has 0 aliphatic carbocycles. The summed E-state index contributed by atoms with van der Waals surface area (Å²) in [4.78, 5) is 15.6. The van der Waals surface area contributed by atoms with E-state index in [1.54, 1.807) is 31.4 Å². The quantitative estimate of drug-likeness (QED) is 0.168. The van der Waals surface area contributed by atoms with Crippen molar-refractivity contribution in [1.29, 1.82) is 0 Å². The highest BCUT2D eigenvalue weighted by Crippen LogP contribution is 2.40. The number of hydrogen-bond acceptors (Lipinski definition) is 8. The van der Waals surface area contributed by atoms with Gasteiger partial charge in [-0.15, -0.1) is 0 Å². The normalized spacial score (nSPS) is 25.7. The molecule has 0 radical (unpaired) electrons. The van der Waals surface area contributed by atoms with Gasteiger partial charge < -0.3 is 28.4 Å². The summed E-state index contributed by atoms with van der Waals surface area (Å²) in [5.41, 5.74) is 0.635. The number of fused-ring (bicyclic) bond motifs is 1. The number of rotatable bonds is 18. The fraction of sp³-hybridized carbons (Fsp3) is 0.800. The van der Waals surface area contributed by atoms with Gasteiger partial charge in [-0.05, 0) is 70.5 Å². The van der Waals surface area contributed by atoms with E-state index in [0.717, 1.165) is 44.5 Å². The van der Waals surface area contributed by atoms with E-state index >= 15 is 0 Å². The Morgan fingerprint density at radius 1 is 0.932 bits per heavy atom. The molecule has 0 spiro atoms. The highest BCUT2D eigenvalue weighted by Gasteiger charge is 2.58. The highest BCUT2D eigenvalue weighted by molar-refractivity contribution is 5.84. The number of benzene rings is 1. The van der Waals surface area contributed by atoms with Gasteiger partial charge in [0.15, 0.2) is 12.1 Å². The van der Waals surface area contributed by atoms with Crippen molar-refractivity contribution < 1.29 is 33.2 Å². The van der Waals surface area contributed by atoms with Gasteiger partial charge >= 0.3 is 6.09 Å². The van der Waals surface area contributed by atoms with Gasteiger partial charge in [0.1, 0.15) is 30.2 Å². The SMILES string of the molecule is CCCCCCCCCCCCO[C@@H]1[C@H]2OC(C)(C)O[C@H]2O[C@@H]1[C@@H](CN1CCCCCC1)OC(=O)Nc1ccc(OC)cc1. The molecule has 0 saturated carbocycles. The summed E-state index contributed by atoms with van der Waals surface area (Å²) in [5.74, 6) is -0.0366. The highest BCUT2D eigenvalue weighted by atomic mass is 16.8. The van der Waals surface area contributed by atoms with Crippen molar-refractivity contribution >= 4 is 11.8 Å². The Bertz CT molecular complexity index is 951. The number of ether oxygens (including phenoxy) is 6. The van der Waals surface area contributed by atoms with Gasteiger partial charge in [-0.2, -0.15) is 0 Å². The largest absolute Gasteiger partial charge is 0.497 e. The second-order valence-electron chi connectivity index (χ2n) is 13.1. The first-order valence-electron chi connectivity index (χ1n) is 17.4. The van der Waals surface area contributed by atoms with Crippen LogP contribution < -0.4 is 10.1 Å². The second kappa shape index (κ2) is 18.3. The van der Waals surface area contributed by atoms with Crippen LogP contribution >= 0.6 is 0 Å². The first-order valence-corrected chi connectivity index (χ1v) is 17.4. The molecule has 0 bridgehead atoms. The minimum Gasteiger partial charge on any atom is -0.497 e. The molecule has 44 heavy (non-hydrogen) atoms. The maximum Gasteiger partial charge on any atom is 0.412 e. The van der Waals surface area contributed by atoms with Crippen molar-refractivity contribution in [1.82, 2.24) is 4.90 Å². The lowest BCUT2D eigenvalue weighted by molar-refractivity contribution is -0.230. The average Bonchev–Trinajstić information content (AvgIpc) is 3.33. The van der Waals surface area contributed by atoms with Crippen LogP contribution in [0.3, 0.4) is 0 Å². The average molecular weight is 619 g/mol. The lowest BCUT2D eigenvalue weighted by atomic mass is 10.0. The summed E-state index contributed by atoms with van der Waals surface area (Å²) in [6.07, 6.45) is 14.5. The van der Waals surface area contributed by atoms with E-state index in [1.165, 1.54) is 64.2 Å². The standard InChI is InChI=1S/C35H58N2O7/c1-5-6-7-8-9-10-11-12-15-18-25-40-31-30(42-33-32(31)43-35(2,3)44-33)29(26-37-23-16-13-14-17-24-37)41-34(38)36-27-19-21-28(39-4)22-20-27/h19-22,29-33H,5-18,23-26H2,1-4H3,(H,36,38)/t29-,30-,31+,32-,33-/m1/s1. The predicted octanol–water partition coefficient (Wildman–Crippen LogP) is 7.67. The summed E-state index contributed by atoms with van der Waals surface area (Å²) in [6.45, 7) is 9.20. The molecular weight excluding hydrogens is 560 g/mol. The molecule has 3 fully saturated rings. The lowest BCUT2D eigenvalue weighted by Crippen LogP contribution is -2.50. The number of hydrogen-bond donors (Lipinski definition) is 1. The van der Waals surface area contributed by atoms with Gasteiger partial charge in [0.25, 0.3) is 0 Å². The summed E-state index contributed by atoms with van der Waals surface area (Å²) in [5, 5.41) is 2.87. The number of anilines is 1. The van der Waals surface area contributed by atoms with E-state index in [4.69, 9.17) is 28.4 Å². The van der Waals surface area contributed by atoms with Crippen LogP contribution in [-0.4, -0.2) is 80.8 Å². The maximum absolute atomic E-state index is 13.2. The summed E-state index contributed by atoms with van der Waals surface area (Å²) >= 11 is 0. The number of carbonyl (C=O) groups excluding carboxylic acids is 1. The molecule has 1 aromatic rings. The van der Waals surface area contributed by atoms with Gasteiger partial charge in [0.2, 0.25) is 0 Å². The summed E-state index contributed by atoms with van der Waals surface area (Å²) < 4.78 is 36.8. The minimum absolute atomic E-state index is 0.377. The zero-order valence-corrected chi connectivity index (χ0v) is 27.7. The molecule has 5 atom stereocenters. The lowest BCUT2D eigenvalue weighted by Gasteiger charge is -2.33. The van der Waals surface area contributed by atoms with Gasteiger partial charge in [-0.25, -0.2) is 4.79 Å². The number of likely N-dealkylation sites (tertiary alicyclic amines) is 1. The van der Waals surface area contributed by atoms with Crippen LogP contribution in [0.15, 0.2) is 24.3 Å². The number of unbranched alkanes of at least 4 members (excludes halogenated alkanes) is 9. The first kappa shape index (κ1) is 35.0. The van der Waals surface area contributed by atoms with Crippen molar-refractivity contribution in [3.05, 3.63) is 24.3 Å². The Morgan fingerprint density at radius 3 is 2.20 bits per heavy atom. The van der Waals surface area contributed by atoms with Crippen LogP contribution in [0.2, 0.25) is 0 Å². The van der Waals surface area contributed by atoms with Crippen molar-refractivity contribution in [2.45, 2.75) is 147 Å². The third-order valence-electron chi connectivity index (χ3n) is 8.93. The van der Waals surface area contributed by atoms with Crippen LogP contribution in [0.4, 0.5) is 10.5 Å². The fourth-order valence-corrected chi connectivity index (χ4v) is 6.54. The molecule has 1 aromatic carbocycles. The molecule has 1 N–H and O–H groups in total. The zero-order valence-electron chi connectivity index (χ0n) is 27.7. The topological polar surface area (TPSA) is 87.7 Å². The van der Waals surface area contributed by atoms with Crippen LogP contribution in [0.5, 0.6) is 5.75 Å². The second-order valence-corrected chi connectivity index (χ2v) is 13.1. The van der Waals surface area contributed by atoms with Crippen LogP contribution in [0.25, 0.3) is 0 Å². The summed E-state index contributed by atoms with van der Waals surface area (Å²) in [7, 11) is 1.62. The van der Waals surface area contributed by atoms with E-state index in [0.29, 0.717) is 18.8 Å². The molecular formula is C35H58N2O7. The van der Waals surface area contributed by atoms with E-state index < -0.39 is 36.5 Å². The van der Waals surface area contributed by atoms with Crippen LogP contribution in [0.1, 0.15) is 111 Å². The molecule has 9 heteroatoms. The van der Waals surface area contributed by atoms with Gasteiger partial charge in [0, 0.05) is 18.8 Å². The molecule has 3 aliphatic heterocycles. The molecule has 4 rings (SSSR count). The molecule has 3 aliphatic rings. The Morgan fingerprint density at radius 2 is 1.57 bits per heavy atom. The van der Waals surface area contributed by atoms with Gasteiger partial charge in [-0.3, -0.25) is 10.2 Å². The van der Waals surface area contributed by atoms with Crippen LogP contribution in [0, 0.1) is 0 Å². The number of carbonyl (C=O) groups is 1. The number of methoxy groups -OCH3 is 1. The Labute approximate surface area is 265 Å². The maximum atomic E-state index is 13.2. The van der Waals surface area contributed by atoms with Crippen molar-refractivity contribution in [3.63, 3.8) is 0 Å². The number of nitrogens with zero attached hydrogens (tertiary/aromatic N) is 1. The first-order chi connectivity index (χ1) is 21.4. The third-order valence-corrected chi connectivity index (χ3v) is 8.93. The molecule has 9 nitrogen and oxygen atoms in total. The molecule has 0 unspecified atom stereocenters. The van der Waals surface area contributed by atoms with E-state index in [9.17, 15) is 4.79 Å². The zero-order chi connectivity index (χ0) is 31.2. The molecule has 3 saturated heterocycles. The van der Waals surface area contributed by atoms with Crippen molar-refractivity contribution in [2.75, 3.05) is 38.7 Å². The van der Waals surface area contributed by atoms with Crippen molar-refractivity contribution in [2.24, 2.45) is 0 Å². The molecule has 3 heterocycles. The van der Waals surface area contributed by atoms with Gasteiger partial charge in [0.05, 0.1) is 7.11 Å². The predicted molar refractivity (Wildman–Crippen MR) is 172 cm³/mol. The minimum atomic E-state index is -0.758. The van der Waals surface area contributed by atoms with E-state index in [1.807, 2.05) is 13.8 Å². The molecule has 1 amide bonds. The van der Waals surface area contributed by atoms with Crippen molar-refractivity contribution in [3.8, 4) is 5.75 Å². The molecule has 0 aromatic heterocycles. The van der Waals surface area contributed by atoms with E-state index in [2.05, 4.69) is 17.1 Å². The third kappa shape index (κ3) is 11.2. The van der Waals surface area contributed by atoms with E-state index in [-0.39, 0.29) is 6.10 Å². The Kier molecular flexibility index (Phi) is 14.5. The summed E-state index contributed by atoms with van der Waals surface area (Å²) in [6, 6.07) is 7.20. The molecule has 250 valence electrons. The monoisotopic (exact) mass is 618 g/mol. The van der Waals surface area contributed by atoms with Crippen LogP contribution in [-0.2, 0) is 23.7 Å². The Hall–Kier alpha value is -1.91. The fourth-order valence-electron chi connectivity index (χ4n) is 6.54. The Balaban J connectivity index is 1.36. The smallest absolute Gasteiger partial charge is 0.412 e. The number of nitrogens with one attached hydrogen (secondary N) is 1.